The lowest BCUT2D eigenvalue weighted by atomic mass is 9.88. The van der Waals surface area contributed by atoms with Crippen LogP contribution in [-0.4, -0.2) is 12.3 Å². The van der Waals surface area contributed by atoms with Crippen LogP contribution in [0.3, 0.4) is 0 Å². The zero-order valence-corrected chi connectivity index (χ0v) is 9.79. The predicted molar refractivity (Wildman–Crippen MR) is 62.1 cm³/mol. The molecule has 3 nitrogen and oxygen atoms in total. The number of rotatable bonds is 4. The van der Waals surface area contributed by atoms with Gasteiger partial charge in [-0.15, -0.1) is 0 Å². The van der Waals surface area contributed by atoms with Crippen molar-refractivity contribution >= 4 is 5.78 Å². The summed E-state index contributed by atoms with van der Waals surface area (Å²) >= 11 is 0. The van der Waals surface area contributed by atoms with E-state index in [1.54, 1.807) is 0 Å². The third kappa shape index (κ3) is 3.20. The molecule has 0 amide bonds. The Morgan fingerprint density at radius 1 is 1.38 bits per heavy atom. The molecule has 88 valence electrons. The number of furan rings is 1. The maximum atomic E-state index is 11.1. The van der Waals surface area contributed by atoms with E-state index in [1.165, 1.54) is 0 Å². The molecule has 1 fully saturated rings. The normalized spacial score (nSPS) is 17.9. The van der Waals surface area contributed by atoms with Gasteiger partial charge in [-0.05, 0) is 44.4 Å². The lowest BCUT2D eigenvalue weighted by molar-refractivity contribution is -0.120. The van der Waals surface area contributed by atoms with Gasteiger partial charge in [0.05, 0.1) is 6.54 Å². The maximum absolute atomic E-state index is 11.1. The quantitative estimate of drug-likeness (QED) is 0.849. The van der Waals surface area contributed by atoms with E-state index >= 15 is 0 Å². The first-order valence-electron chi connectivity index (χ1n) is 6.02. The Hall–Kier alpha value is -1.09. The Morgan fingerprint density at radius 3 is 2.75 bits per heavy atom. The van der Waals surface area contributed by atoms with Crippen molar-refractivity contribution in [1.29, 1.82) is 0 Å². The van der Waals surface area contributed by atoms with Gasteiger partial charge in [-0.2, -0.15) is 0 Å². The molecular weight excluding hydrogens is 202 g/mol. The van der Waals surface area contributed by atoms with E-state index in [2.05, 4.69) is 5.32 Å². The largest absolute Gasteiger partial charge is 0.465 e. The highest BCUT2D eigenvalue weighted by atomic mass is 16.3. The number of Topliss-reactive ketones (excluding diaryl/α,β-unsaturated/α-hetero) is 1. The van der Waals surface area contributed by atoms with Crippen molar-refractivity contribution in [2.24, 2.45) is 5.92 Å². The molecule has 0 aromatic carbocycles. The summed E-state index contributed by atoms with van der Waals surface area (Å²) in [5, 5.41) is 3.39. The summed E-state index contributed by atoms with van der Waals surface area (Å²) < 4.78 is 5.47. The van der Waals surface area contributed by atoms with Crippen LogP contribution in [-0.2, 0) is 11.3 Å². The number of carbonyl (C=O) groups excluding carboxylic acids is 1. The van der Waals surface area contributed by atoms with Crippen LogP contribution in [0.25, 0.3) is 0 Å². The molecule has 1 aliphatic carbocycles. The monoisotopic (exact) mass is 221 g/mol. The second-order valence-corrected chi connectivity index (χ2v) is 4.63. The summed E-state index contributed by atoms with van der Waals surface area (Å²) in [6, 6.07) is 3.99. The molecular formula is C13H19NO2. The highest BCUT2D eigenvalue weighted by molar-refractivity contribution is 5.79. The Balaban J connectivity index is 1.66. The maximum Gasteiger partial charge on any atom is 0.132 e. The number of ketones is 1. The van der Waals surface area contributed by atoms with Gasteiger partial charge in [0.15, 0.2) is 0 Å². The molecule has 0 unspecified atom stereocenters. The number of aryl methyl sites for hydroxylation is 1. The second kappa shape index (κ2) is 5.30. The van der Waals surface area contributed by atoms with Gasteiger partial charge in [0, 0.05) is 12.8 Å². The molecule has 1 heterocycles. The van der Waals surface area contributed by atoms with Crippen LogP contribution in [0.5, 0.6) is 0 Å². The fourth-order valence-corrected chi connectivity index (χ4v) is 2.18. The first-order chi connectivity index (χ1) is 7.74. The van der Waals surface area contributed by atoms with Crippen molar-refractivity contribution in [3.05, 3.63) is 23.7 Å². The number of carbonyl (C=O) groups is 1. The summed E-state index contributed by atoms with van der Waals surface area (Å²) in [7, 11) is 0. The number of nitrogens with one attached hydrogen (secondary N) is 1. The summed E-state index contributed by atoms with van der Waals surface area (Å²) in [6.07, 6.45) is 3.63. The van der Waals surface area contributed by atoms with Crippen LogP contribution < -0.4 is 5.32 Å². The van der Waals surface area contributed by atoms with Gasteiger partial charge in [-0.3, -0.25) is 4.79 Å². The molecule has 0 saturated heterocycles. The molecule has 1 aromatic rings. The Bertz CT molecular complexity index is 347. The lowest BCUT2D eigenvalue weighted by Crippen LogP contribution is -2.26. The van der Waals surface area contributed by atoms with Crippen LogP contribution in [0.15, 0.2) is 16.5 Å². The first kappa shape index (κ1) is 11.4. The van der Waals surface area contributed by atoms with E-state index in [1.807, 2.05) is 19.1 Å². The minimum Gasteiger partial charge on any atom is -0.465 e. The zero-order chi connectivity index (χ0) is 11.4. The Morgan fingerprint density at radius 2 is 2.12 bits per heavy atom. The predicted octanol–water partition coefficient (Wildman–Crippen LogP) is 2.44. The first-order valence-corrected chi connectivity index (χ1v) is 6.02. The molecule has 2 rings (SSSR count). The third-order valence-corrected chi connectivity index (χ3v) is 3.19. The van der Waals surface area contributed by atoms with Gasteiger partial charge >= 0.3 is 0 Å². The third-order valence-electron chi connectivity index (χ3n) is 3.19. The van der Waals surface area contributed by atoms with E-state index in [-0.39, 0.29) is 0 Å². The van der Waals surface area contributed by atoms with Crippen molar-refractivity contribution in [1.82, 2.24) is 5.32 Å². The smallest absolute Gasteiger partial charge is 0.132 e. The molecule has 1 aliphatic rings. The lowest BCUT2D eigenvalue weighted by Gasteiger charge is -2.20. The number of hydrogen-bond acceptors (Lipinski definition) is 3. The van der Waals surface area contributed by atoms with Gasteiger partial charge in [-0.1, -0.05) is 0 Å². The van der Waals surface area contributed by atoms with Crippen LogP contribution in [0, 0.1) is 12.8 Å². The molecule has 0 spiro atoms. The molecule has 16 heavy (non-hydrogen) atoms. The van der Waals surface area contributed by atoms with E-state index in [0.717, 1.165) is 50.3 Å². The van der Waals surface area contributed by atoms with Crippen LogP contribution >= 0.6 is 0 Å². The number of hydrogen-bond donors (Lipinski definition) is 1. The molecule has 1 saturated carbocycles. The summed E-state index contributed by atoms with van der Waals surface area (Å²) in [5.74, 6) is 3.04. The fourth-order valence-electron chi connectivity index (χ4n) is 2.18. The molecule has 0 aliphatic heterocycles. The zero-order valence-electron chi connectivity index (χ0n) is 9.79. The highest BCUT2D eigenvalue weighted by Crippen LogP contribution is 2.20. The highest BCUT2D eigenvalue weighted by Gasteiger charge is 2.18. The van der Waals surface area contributed by atoms with Crippen molar-refractivity contribution in [2.75, 3.05) is 6.54 Å². The SMILES string of the molecule is Cc1ccc(CNCC2CCC(=O)CC2)o1. The average molecular weight is 221 g/mol. The van der Waals surface area contributed by atoms with Crippen molar-refractivity contribution in [2.45, 2.75) is 39.2 Å². The molecule has 0 radical (unpaired) electrons. The van der Waals surface area contributed by atoms with E-state index < -0.39 is 0 Å². The van der Waals surface area contributed by atoms with Crippen molar-refractivity contribution in [3.8, 4) is 0 Å². The molecule has 0 atom stereocenters. The van der Waals surface area contributed by atoms with Gasteiger partial charge < -0.3 is 9.73 Å². The van der Waals surface area contributed by atoms with Crippen molar-refractivity contribution < 1.29 is 9.21 Å². The molecule has 0 bridgehead atoms. The Labute approximate surface area is 96.2 Å². The minimum absolute atomic E-state index is 0.429. The van der Waals surface area contributed by atoms with Crippen molar-refractivity contribution in [3.63, 3.8) is 0 Å². The molecule has 1 N–H and O–H groups in total. The van der Waals surface area contributed by atoms with Gasteiger partial charge in [0.2, 0.25) is 0 Å². The van der Waals surface area contributed by atoms with Crippen LogP contribution in [0.1, 0.15) is 37.2 Å². The van der Waals surface area contributed by atoms with Crippen LogP contribution in [0.2, 0.25) is 0 Å². The van der Waals surface area contributed by atoms with E-state index in [9.17, 15) is 4.79 Å². The van der Waals surface area contributed by atoms with Crippen LogP contribution in [0.4, 0.5) is 0 Å². The fraction of sp³-hybridized carbons (Fsp3) is 0.615. The summed E-state index contributed by atoms with van der Waals surface area (Å²) in [5.41, 5.74) is 0. The summed E-state index contributed by atoms with van der Waals surface area (Å²) in [6.45, 7) is 3.74. The van der Waals surface area contributed by atoms with Gasteiger partial charge in [0.25, 0.3) is 0 Å². The molecule has 1 aromatic heterocycles. The second-order valence-electron chi connectivity index (χ2n) is 4.63. The topological polar surface area (TPSA) is 42.2 Å². The van der Waals surface area contributed by atoms with E-state index in [0.29, 0.717) is 11.7 Å². The average Bonchev–Trinajstić information content (AvgIpc) is 2.67. The van der Waals surface area contributed by atoms with Gasteiger partial charge in [-0.25, -0.2) is 0 Å². The minimum atomic E-state index is 0.429. The standard InChI is InChI=1S/C13H19NO2/c1-10-2-7-13(16-10)9-14-8-11-3-5-12(15)6-4-11/h2,7,11,14H,3-6,8-9H2,1H3. The van der Waals surface area contributed by atoms with Gasteiger partial charge in [0.1, 0.15) is 17.3 Å². The Kier molecular flexibility index (Phi) is 3.78. The molecule has 3 heteroatoms. The summed E-state index contributed by atoms with van der Waals surface area (Å²) in [4.78, 5) is 11.1. The van der Waals surface area contributed by atoms with E-state index in [4.69, 9.17) is 4.42 Å².